The highest BCUT2D eigenvalue weighted by atomic mass is 16.1. The van der Waals surface area contributed by atoms with Gasteiger partial charge in [-0.25, -0.2) is 0 Å². The van der Waals surface area contributed by atoms with Gasteiger partial charge in [-0.15, -0.1) is 6.58 Å². The van der Waals surface area contributed by atoms with Gasteiger partial charge in [0.2, 0.25) is 0 Å². The SMILES string of the molecule is C=CCc1cccc2c1C(=O)CCC2=O. The monoisotopic (exact) mass is 200 g/mol. The third kappa shape index (κ3) is 1.63. The van der Waals surface area contributed by atoms with E-state index >= 15 is 0 Å². The van der Waals surface area contributed by atoms with Crippen molar-refractivity contribution >= 4 is 11.6 Å². The molecule has 2 rings (SSSR count). The largest absolute Gasteiger partial charge is 0.294 e. The Bertz CT molecular complexity index is 444. The first-order chi connectivity index (χ1) is 7.24. The average molecular weight is 200 g/mol. The molecule has 0 fully saturated rings. The van der Waals surface area contributed by atoms with Crippen LogP contribution in [0.3, 0.4) is 0 Å². The summed E-state index contributed by atoms with van der Waals surface area (Å²) in [4.78, 5) is 23.3. The summed E-state index contributed by atoms with van der Waals surface area (Å²) in [7, 11) is 0. The highest BCUT2D eigenvalue weighted by Gasteiger charge is 2.25. The Hall–Kier alpha value is -1.70. The number of allylic oxidation sites excluding steroid dienone is 1. The summed E-state index contributed by atoms with van der Waals surface area (Å²) in [6.07, 6.45) is 3.09. The number of carbonyl (C=O) groups excluding carboxylic acids is 2. The first kappa shape index (κ1) is 9.84. The molecule has 1 aliphatic carbocycles. The first-order valence-corrected chi connectivity index (χ1v) is 5.03. The zero-order valence-electron chi connectivity index (χ0n) is 8.45. The highest BCUT2D eigenvalue weighted by molar-refractivity contribution is 6.14. The Morgan fingerprint density at radius 3 is 2.67 bits per heavy atom. The molecule has 1 aliphatic rings. The molecule has 0 spiro atoms. The van der Waals surface area contributed by atoms with Crippen LogP contribution in [-0.2, 0) is 6.42 Å². The quantitative estimate of drug-likeness (QED) is 0.687. The number of hydrogen-bond acceptors (Lipinski definition) is 2. The van der Waals surface area contributed by atoms with E-state index in [1.54, 1.807) is 12.1 Å². The number of benzene rings is 1. The van der Waals surface area contributed by atoms with E-state index in [1.807, 2.05) is 12.1 Å². The Kier molecular flexibility index (Phi) is 2.50. The van der Waals surface area contributed by atoms with Gasteiger partial charge in [-0.05, 0) is 12.0 Å². The zero-order valence-corrected chi connectivity index (χ0v) is 8.45. The number of Topliss-reactive ketones (excluding diaryl/α,β-unsaturated/α-hetero) is 2. The van der Waals surface area contributed by atoms with Gasteiger partial charge in [0.05, 0.1) is 0 Å². The molecule has 0 N–H and O–H groups in total. The molecule has 2 heteroatoms. The van der Waals surface area contributed by atoms with E-state index in [0.717, 1.165) is 5.56 Å². The number of hydrogen-bond donors (Lipinski definition) is 0. The molecule has 2 nitrogen and oxygen atoms in total. The van der Waals surface area contributed by atoms with Crippen molar-refractivity contribution in [2.75, 3.05) is 0 Å². The van der Waals surface area contributed by atoms with Crippen LogP contribution in [0.15, 0.2) is 30.9 Å². The molecule has 0 saturated carbocycles. The van der Waals surface area contributed by atoms with Crippen molar-refractivity contribution in [3.05, 3.63) is 47.5 Å². The number of ketones is 2. The minimum atomic E-state index is 0.0792. The molecule has 0 bridgehead atoms. The van der Waals surface area contributed by atoms with E-state index in [4.69, 9.17) is 0 Å². The van der Waals surface area contributed by atoms with Crippen LogP contribution in [0.2, 0.25) is 0 Å². The van der Waals surface area contributed by atoms with Crippen molar-refractivity contribution < 1.29 is 9.59 Å². The van der Waals surface area contributed by atoms with Crippen LogP contribution in [-0.4, -0.2) is 11.6 Å². The van der Waals surface area contributed by atoms with Gasteiger partial charge in [0.1, 0.15) is 0 Å². The molecule has 0 aromatic heterocycles. The lowest BCUT2D eigenvalue weighted by atomic mass is 9.85. The van der Waals surface area contributed by atoms with Crippen molar-refractivity contribution in [3.63, 3.8) is 0 Å². The van der Waals surface area contributed by atoms with Gasteiger partial charge in [0.25, 0.3) is 0 Å². The van der Waals surface area contributed by atoms with Crippen LogP contribution in [0.4, 0.5) is 0 Å². The molecule has 1 aromatic carbocycles. The summed E-state index contributed by atoms with van der Waals surface area (Å²) < 4.78 is 0. The average Bonchev–Trinajstić information content (AvgIpc) is 2.24. The second-order valence-electron chi connectivity index (χ2n) is 3.68. The molecule has 0 radical (unpaired) electrons. The van der Waals surface area contributed by atoms with E-state index in [0.29, 0.717) is 30.4 Å². The first-order valence-electron chi connectivity index (χ1n) is 5.03. The van der Waals surface area contributed by atoms with Crippen molar-refractivity contribution in [3.8, 4) is 0 Å². The standard InChI is InChI=1S/C13H12O2/c1-2-4-9-5-3-6-10-11(14)7-8-12(15)13(9)10/h2-3,5-6H,1,4,7-8H2. The maximum Gasteiger partial charge on any atom is 0.164 e. The Balaban J connectivity index is 2.60. The van der Waals surface area contributed by atoms with Crippen LogP contribution >= 0.6 is 0 Å². The molecule has 0 aliphatic heterocycles. The third-order valence-electron chi connectivity index (χ3n) is 2.67. The van der Waals surface area contributed by atoms with E-state index in [-0.39, 0.29) is 11.6 Å². The van der Waals surface area contributed by atoms with Gasteiger partial charge in [-0.1, -0.05) is 24.3 Å². The molecule has 0 amide bonds. The number of fused-ring (bicyclic) bond motifs is 1. The Morgan fingerprint density at radius 2 is 1.93 bits per heavy atom. The minimum Gasteiger partial charge on any atom is -0.294 e. The Labute approximate surface area is 88.6 Å². The van der Waals surface area contributed by atoms with Crippen LogP contribution in [0.25, 0.3) is 0 Å². The van der Waals surface area contributed by atoms with Gasteiger partial charge >= 0.3 is 0 Å². The van der Waals surface area contributed by atoms with E-state index < -0.39 is 0 Å². The van der Waals surface area contributed by atoms with Crippen LogP contribution in [0.1, 0.15) is 39.1 Å². The fraction of sp³-hybridized carbons (Fsp3) is 0.231. The lowest BCUT2D eigenvalue weighted by molar-refractivity contribution is 0.0889. The van der Waals surface area contributed by atoms with E-state index in [2.05, 4.69) is 6.58 Å². The topological polar surface area (TPSA) is 34.1 Å². The van der Waals surface area contributed by atoms with Crippen molar-refractivity contribution in [1.29, 1.82) is 0 Å². The minimum absolute atomic E-state index is 0.0792. The lowest BCUT2D eigenvalue weighted by Crippen LogP contribution is -2.18. The smallest absolute Gasteiger partial charge is 0.164 e. The third-order valence-corrected chi connectivity index (χ3v) is 2.67. The van der Waals surface area contributed by atoms with Crippen LogP contribution < -0.4 is 0 Å². The molecule has 0 heterocycles. The summed E-state index contributed by atoms with van der Waals surface area (Å²) in [5.41, 5.74) is 2.12. The van der Waals surface area contributed by atoms with Crippen LogP contribution in [0, 0.1) is 0 Å². The van der Waals surface area contributed by atoms with Crippen LogP contribution in [0.5, 0.6) is 0 Å². The second kappa shape index (κ2) is 3.81. The molecular weight excluding hydrogens is 188 g/mol. The number of carbonyl (C=O) groups is 2. The number of rotatable bonds is 2. The van der Waals surface area contributed by atoms with Gasteiger partial charge in [0.15, 0.2) is 11.6 Å². The molecule has 0 saturated heterocycles. The normalized spacial score (nSPS) is 14.9. The summed E-state index contributed by atoms with van der Waals surface area (Å²) >= 11 is 0. The second-order valence-corrected chi connectivity index (χ2v) is 3.68. The fourth-order valence-corrected chi connectivity index (χ4v) is 1.97. The molecule has 1 aromatic rings. The van der Waals surface area contributed by atoms with Gasteiger partial charge < -0.3 is 0 Å². The molecular formula is C13H12O2. The molecule has 0 atom stereocenters. The Morgan fingerprint density at radius 1 is 1.20 bits per heavy atom. The van der Waals surface area contributed by atoms with Crippen molar-refractivity contribution in [1.82, 2.24) is 0 Å². The maximum atomic E-state index is 11.7. The van der Waals surface area contributed by atoms with E-state index in [9.17, 15) is 9.59 Å². The predicted octanol–water partition coefficient (Wildman–Crippen LogP) is 2.57. The van der Waals surface area contributed by atoms with Gasteiger partial charge in [-0.3, -0.25) is 9.59 Å². The zero-order chi connectivity index (χ0) is 10.8. The van der Waals surface area contributed by atoms with Gasteiger partial charge in [-0.2, -0.15) is 0 Å². The summed E-state index contributed by atoms with van der Waals surface area (Å²) in [5.74, 6) is 0.164. The van der Waals surface area contributed by atoms with E-state index in [1.165, 1.54) is 0 Å². The highest BCUT2D eigenvalue weighted by Crippen LogP contribution is 2.24. The summed E-state index contributed by atoms with van der Waals surface area (Å²) in [6.45, 7) is 3.65. The molecule has 76 valence electrons. The summed E-state index contributed by atoms with van der Waals surface area (Å²) in [5, 5.41) is 0. The molecule has 0 unspecified atom stereocenters. The molecule has 15 heavy (non-hydrogen) atoms. The van der Waals surface area contributed by atoms with Gasteiger partial charge in [0, 0.05) is 24.0 Å². The maximum absolute atomic E-state index is 11.7. The summed E-state index contributed by atoms with van der Waals surface area (Å²) in [6, 6.07) is 5.45. The lowest BCUT2D eigenvalue weighted by Gasteiger charge is -2.16. The fourth-order valence-electron chi connectivity index (χ4n) is 1.97. The van der Waals surface area contributed by atoms with Crippen molar-refractivity contribution in [2.45, 2.75) is 19.3 Å². The van der Waals surface area contributed by atoms with Crippen molar-refractivity contribution in [2.24, 2.45) is 0 Å². The predicted molar refractivity (Wildman–Crippen MR) is 58.2 cm³/mol.